The summed E-state index contributed by atoms with van der Waals surface area (Å²) in [6, 6.07) is 14.3. The molecular weight excluding hydrogens is 356 g/mol. The molecule has 0 amide bonds. The highest BCUT2D eigenvalue weighted by Crippen LogP contribution is 2.16. The van der Waals surface area contributed by atoms with Crippen molar-refractivity contribution in [1.29, 1.82) is 0 Å². The maximum atomic E-state index is 12.1. The van der Waals surface area contributed by atoms with Gasteiger partial charge in [0.2, 0.25) is 0 Å². The van der Waals surface area contributed by atoms with Crippen LogP contribution < -0.4 is 10.3 Å². The van der Waals surface area contributed by atoms with Gasteiger partial charge in [0, 0.05) is 6.08 Å². The van der Waals surface area contributed by atoms with Gasteiger partial charge in [-0.05, 0) is 42.8 Å². The van der Waals surface area contributed by atoms with Crippen molar-refractivity contribution in [3.8, 4) is 5.75 Å². The number of benzene rings is 2. The molecule has 6 nitrogen and oxygen atoms in total. The standard InChI is InChI=1S/C22H20N2O4/c1-3-14-27-17-11-8-16(9-12-17)10-13-20(25)28-15(2)21-23-19-7-5-4-6-18(19)22(26)24-21/h3-13,15H,1,14H2,2H3,(H,23,24,26)/b13-10+/t15-/m0/s1. The molecule has 0 radical (unpaired) electrons. The third kappa shape index (κ3) is 4.73. The van der Waals surface area contributed by atoms with E-state index in [9.17, 15) is 9.59 Å². The summed E-state index contributed by atoms with van der Waals surface area (Å²) in [6.45, 7) is 5.69. The van der Waals surface area contributed by atoms with Gasteiger partial charge in [0.1, 0.15) is 12.4 Å². The molecule has 0 spiro atoms. The summed E-state index contributed by atoms with van der Waals surface area (Å²) < 4.78 is 10.8. The van der Waals surface area contributed by atoms with E-state index in [-0.39, 0.29) is 5.56 Å². The first-order valence-corrected chi connectivity index (χ1v) is 8.78. The fourth-order valence-corrected chi connectivity index (χ4v) is 2.56. The molecule has 0 aliphatic rings. The number of carbonyl (C=O) groups is 1. The molecule has 0 saturated carbocycles. The van der Waals surface area contributed by atoms with Crippen molar-refractivity contribution < 1.29 is 14.3 Å². The first kappa shape index (κ1) is 19.1. The molecule has 3 rings (SSSR count). The van der Waals surface area contributed by atoms with Gasteiger partial charge in [-0.2, -0.15) is 0 Å². The SMILES string of the molecule is C=CCOc1ccc(/C=C/C(=O)O[C@@H](C)c2nc3ccccc3c(=O)[nH]2)cc1. The summed E-state index contributed by atoms with van der Waals surface area (Å²) >= 11 is 0. The Kier molecular flexibility index (Phi) is 6.01. The predicted molar refractivity (Wildman–Crippen MR) is 108 cm³/mol. The van der Waals surface area contributed by atoms with Crippen LogP contribution in [-0.2, 0) is 9.53 Å². The number of ether oxygens (including phenoxy) is 2. The molecule has 0 bridgehead atoms. The number of esters is 1. The van der Waals surface area contributed by atoms with Crippen LogP contribution in [0.1, 0.15) is 24.4 Å². The normalized spacial score (nSPS) is 12.0. The molecule has 142 valence electrons. The van der Waals surface area contributed by atoms with Crippen molar-refractivity contribution in [1.82, 2.24) is 9.97 Å². The largest absolute Gasteiger partial charge is 0.490 e. The highest BCUT2D eigenvalue weighted by atomic mass is 16.5. The fourth-order valence-electron chi connectivity index (χ4n) is 2.56. The summed E-state index contributed by atoms with van der Waals surface area (Å²) in [6.07, 6.45) is 3.95. The Balaban J connectivity index is 1.65. The average molecular weight is 376 g/mol. The number of H-pyrrole nitrogens is 1. The number of aromatic amines is 1. The molecule has 0 saturated heterocycles. The van der Waals surface area contributed by atoms with Crippen molar-refractivity contribution in [3.05, 3.63) is 89.0 Å². The van der Waals surface area contributed by atoms with Crippen LogP contribution in [0.4, 0.5) is 0 Å². The van der Waals surface area contributed by atoms with Crippen molar-refractivity contribution in [2.75, 3.05) is 6.61 Å². The van der Waals surface area contributed by atoms with Crippen LogP contribution >= 0.6 is 0 Å². The number of para-hydroxylation sites is 1. The van der Waals surface area contributed by atoms with Crippen LogP contribution in [0, 0.1) is 0 Å². The summed E-state index contributed by atoms with van der Waals surface area (Å²) in [7, 11) is 0. The monoisotopic (exact) mass is 376 g/mol. The van der Waals surface area contributed by atoms with Gasteiger partial charge < -0.3 is 14.5 Å². The summed E-state index contributed by atoms with van der Waals surface area (Å²) in [5.74, 6) is 0.490. The lowest BCUT2D eigenvalue weighted by molar-refractivity contribution is -0.142. The molecule has 1 aromatic heterocycles. The van der Waals surface area contributed by atoms with Crippen LogP contribution in [-0.4, -0.2) is 22.5 Å². The minimum absolute atomic E-state index is 0.266. The first-order valence-electron chi connectivity index (χ1n) is 8.78. The molecular formula is C22H20N2O4. The highest BCUT2D eigenvalue weighted by Gasteiger charge is 2.14. The Hall–Kier alpha value is -3.67. The number of aromatic nitrogens is 2. The topological polar surface area (TPSA) is 81.3 Å². The second-order valence-corrected chi connectivity index (χ2v) is 6.05. The molecule has 0 aliphatic carbocycles. The molecule has 0 unspecified atom stereocenters. The second kappa shape index (κ2) is 8.81. The van der Waals surface area contributed by atoms with E-state index in [1.54, 1.807) is 55.5 Å². The van der Waals surface area contributed by atoms with Gasteiger partial charge in [-0.15, -0.1) is 0 Å². The van der Waals surface area contributed by atoms with Crippen molar-refractivity contribution in [2.24, 2.45) is 0 Å². The Morgan fingerprint density at radius 2 is 1.96 bits per heavy atom. The molecule has 2 aromatic carbocycles. The highest BCUT2D eigenvalue weighted by molar-refractivity contribution is 5.87. The van der Waals surface area contributed by atoms with Crippen molar-refractivity contribution in [2.45, 2.75) is 13.0 Å². The number of fused-ring (bicyclic) bond motifs is 1. The molecule has 1 N–H and O–H groups in total. The van der Waals surface area contributed by atoms with E-state index < -0.39 is 12.1 Å². The van der Waals surface area contributed by atoms with Crippen molar-refractivity contribution >= 4 is 22.9 Å². The lowest BCUT2D eigenvalue weighted by Gasteiger charge is -2.11. The van der Waals surface area contributed by atoms with E-state index in [0.29, 0.717) is 23.3 Å². The van der Waals surface area contributed by atoms with Gasteiger partial charge in [0.25, 0.3) is 5.56 Å². The summed E-state index contributed by atoms with van der Waals surface area (Å²) in [4.78, 5) is 31.2. The number of rotatable bonds is 7. The van der Waals surface area contributed by atoms with Crippen LogP contribution in [0.5, 0.6) is 5.75 Å². The minimum atomic E-state index is -0.691. The fraction of sp³-hybridized carbons (Fsp3) is 0.136. The zero-order chi connectivity index (χ0) is 19.9. The van der Waals surface area contributed by atoms with Gasteiger partial charge in [-0.25, -0.2) is 9.78 Å². The van der Waals surface area contributed by atoms with E-state index in [1.165, 1.54) is 6.08 Å². The molecule has 0 fully saturated rings. The molecule has 1 atom stereocenters. The number of nitrogens with zero attached hydrogens (tertiary/aromatic N) is 1. The van der Waals surface area contributed by atoms with Crippen LogP contribution in [0.3, 0.4) is 0 Å². The molecule has 1 heterocycles. The third-order valence-electron chi connectivity index (χ3n) is 3.97. The van der Waals surface area contributed by atoms with Gasteiger partial charge >= 0.3 is 5.97 Å². The predicted octanol–water partition coefficient (Wildman–Crippen LogP) is 3.81. The first-order chi connectivity index (χ1) is 13.6. The van der Waals surface area contributed by atoms with Gasteiger partial charge in [-0.3, -0.25) is 4.79 Å². The number of hydrogen-bond donors (Lipinski definition) is 1. The quantitative estimate of drug-likeness (QED) is 0.385. The van der Waals surface area contributed by atoms with Gasteiger partial charge in [0.15, 0.2) is 11.9 Å². The number of hydrogen-bond acceptors (Lipinski definition) is 5. The van der Waals surface area contributed by atoms with Crippen LogP contribution in [0.25, 0.3) is 17.0 Å². The van der Waals surface area contributed by atoms with E-state index >= 15 is 0 Å². The maximum Gasteiger partial charge on any atom is 0.331 e. The average Bonchev–Trinajstić information content (AvgIpc) is 2.71. The Bertz CT molecular complexity index is 1070. The Morgan fingerprint density at radius 3 is 2.71 bits per heavy atom. The van der Waals surface area contributed by atoms with Gasteiger partial charge in [-0.1, -0.05) is 36.9 Å². The lowest BCUT2D eigenvalue weighted by Crippen LogP contribution is -2.16. The van der Waals surface area contributed by atoms with E-state index in [2.05, 4.69) is 16.5 Å². The Labute approximate surface area is 162 Å². The second-order valence-electron chi connectivity index (χ2n) is 6.05. The van der Waals surface area contributed by atoms with Crippen LogP contribution in [0.2, 0.25) is 0 Å². The lowest BCUT2D eigenvalue weighted by atomic mass is 10.2. The molecule has 0 aliphatic heterocycles. The zero-order valence-electron chi connectivity index (χ0n) is 15.4. The molecule has 28 heavy (non-hydrogen) atoms. The third-order valence-corrected chi connectivity index (χ3v) is 3.97. The smallest absolute Gasteiger partial charge is 0.331 e. The van der Waals surface area contributed by atoms with E-state index in [0.717, 1.165) is 11.3 Å². The van der Waals surface area contributed by atoms with Crippen molar-refractivity contribution in [3.63, 3.8) is 0 Å². The summed E-state index contributed by atoms with van der Waals surface area (Å²) in [5, 5.41) is 0.491. The van der Waals surface area contributed by atoms with Crippen LogP contribution in [0.15, 0.2) is 72.1 Å². The zero-order valence-corrected chi connectivity index (χ0v) is 15.4. The van der Waals surface area contributed by atoms with E-state index in [1.807, 2.05) is 12.1 Å². The molecule has 6 heteroatoms. The molecule has 3 aromatic rings. The van der Waals surface area contributed by atoms with Gasteiger partial charge in [0.05, 0.1) is 10.9 Å². The summed E-state index contributed by atoms with van der Waals surface area (Å²) in [5.41, 5.74) is 1.11. The Morgan fingerprint density at radius 1 is 1.21 bits per heavy atom. The number of nitrogens with one attached hydrogen (secondary N) is 1. The maximum absolute atomic E-state index is 12.1. The van der Waals surface area contributed by atoms with E-state index in [4.69, 9.17) is 9.47 Å². The minimum Gasteiger partial charge on any atom is -0.490 e. The number of carbonyl (C=O) groups excluding carboxylic acids is 1.